The van der Waals surface area contributed by atoms with Crippen LogP contribution in [0.5, 0.6) is 0 Å². The predicted octanol–water partition coefficient (Wildman–Crippen LogP) is 3.30. The smallest absolute Gasteiger partial charge is 0.227 e. The Morgan fingerprint density at radius 1 is 1.17 bits per heavy atom. The van der Waals surface area contributed by atoms with E-state index < -0.39 is 0 Å². The number of hydrogen-bond acceptors (Lipinski definition) is 2. The zero-order valence-corrected chi connectivity index (χ0v) is 14.8. The molecule has 1 saturated carbocycles. The summed E-state index contributed by atoms with van der Waals surface area (Å²) in [5.74, 6) is 0.655. The van der Waals surface area contributed by atoms with Gasteiger partial charge in [-0.25, -0.2) is 0 Å². The summed E-state index contributed by atoms with van der Waals surface area (Å²) in [5.41, 5.74) is 2.16. The van der Waals surface area contributed by atoms with Crippen molar-refractivity contribution in [2.24, 2.45) is 11.8 Å². The molecule has 0 unspecified atom stereocenters. The molecule has 1 aliphatic carbocycles. The molecule has 130 valence electrons. The minimum absolute atomic E-state index is 0.0515. The van der Waals surface area contributed by atoms with E-state index in [2.05, 4.69) is 31.3 Å². The third kappa shape index (κ3) is 3.80. The number of nitrogens with one attached hydrogen (secondary N) is 1. The Kier molecular flexibility index (Phi) is 5.22. The quantitative estimate of drug-likeness (QED) is 0.922. The van der Waals surface area contributed by atoms with Crippen LogP contribution in [0.3, 0.4) is 0 Å². The van der Waals surface area contributed by atoms with Gasteiger partial charge in [0.15, 0.2) is 0 Å². The second kappa shape index (κ2) is 7.37. The van der Waals surface area contributed by atoms with E-state index in [0.29, 0.717) is 19.0 Å². The molecule has 1 aromatic rings. The van der Waals surface area contributed by atoms with E-state index in [1.807, 2.05) is 12.1 Å². The molecule has 1 aromatic carbocycles. The highest BCUT2D eigenvalue weighted by Crippen LogP contribution is 2.27. The highest BCUT2D eigenvalue weighted by Gasteiger charge is 2.36. The lowest BCUT2D eigenvalue weighted by Crippen LogP contribution is -2.41. The molecule has 2 fully saturated rings. The molecule has 3 rings (SSSR count). The molecule has 4 heteroatoms. The van der Waals surface area contributed by atoms with Crippen molar-refractivity contribution >= 4 is 17.5 Å². The molecule has 1 saturated heterocycles. The molecular weight excluding hydrogens is 300 g/mol. The van der Waals surface area contributed by atoms with Gasteiger partial charge in [0.05, 0.1) is 5.92 Å². The van der Waals surface area contributed by atoms with Crippen LogP contribution in [0.2, 0.25) is 0 Å². The number of aryl methyl sites for hydroxylation is 1. The largest absolute Gasteiger partial charge is 0.353 e. The van der Waals surface area contributed by atoms with E-state index >= 15 is 0 Å². The third-order valence-corrected chi connectivity index (χ3v) is 5.51. The van der Waals surface area contributed by atoms with E-state index in [9.17, 15) is 9.59 Å². The summed E-state index contributed by atoms with van der Waals surface area (Å²) < 4.78 is 0. The Labute approximate surface area is 144 Å². The highest BCUT2D eigenvalue weighted by molar-refractivity contribution is 6.00. The van der Waals surface area contributed by atoms with Gasteiger partial charge < -0.3 is 10.2 Å². The van der Waals surface area contributed by atoms with Crippen molar-refractivity contribution in [1.82, 2.24) is 5.32 Å². The van der Waals surface area contributed by atoms with Crippen molar-refractivity contribution in [3.8, 4) is 0 Å². The summed E-state index contributed by atoms with van der Waals surface area (Å²) in [6, 6.07) is 8.37. The normalized spacial score (nSPS) is 27.3. The number of nitrogens with zero attached hydrogens (tertiary/aromatic N) is 1. The fourth-order valence-electron chi connectivity index (χ4n) is 3.77. The van der Waals surface area contributed by atoms with Gasteiger partial charge in [-0.2, -0.15) is 0 Å². The lowest BCUT2D eigenvalue weighted by molar-refractivity contribution is -0.127. The van der Waals surface area contributed by atoms with Gasteiger partial charge in [-0.05, 0) is 55.7 Å². The van der Waals surface area contributed by atoms with Crippen LogP contribution in [0.4, 0.5) is 5.69 Å². The lowest BCUT2D eigenvalue weighted by atomic mass is 9.87. The maximum Gasteiger partial charge on any atom is 0.227 e. The predicted molar refractivity (Wildman–Crippen MR) is 95.8 cm³/mol. The molecule has 2 amide bonds. The number of carbonyl (C=O) groups excluding carboxylic acids is 2. The van der Waals surface area contributed by atoms with Crippen LogP contribution in [0.15, 0.2) is 24.3 Å². The Balaban J connectivity index is 1.58. The zero-order valence-electron chi connectivity index (χ0n) is 14.8. The van der Waals surface area contributed by atoms with Gasteiger partial charge in [-0.3, -0.25) is 9.59 Å². The van der Waals surface area contributed by atoms with Crippen molar-refractivity contribution in [3.63, 3.8) is 0 Å². The first-order chi connectivity index (χ1) is 11.6. The van der Waals surface area contributed by atoms with Crippen molar-refractivity contribution in [2.75, 3.05) is 11.4 Å². The highest BCUT2D eigenvalue weighted by atomic mass is 16.2. The fourth-order valence-corrected chi connectivity index (χ4v) is 3.77. The number of benzene rings is 1. The number of carbonyl (C=O) groups is 2. The van der Waals surface area contributed by atoms with Crippen molar-refractivity contribution in [1.29, 1.82) is 0 Å². The summed E-state index contributed by atoms with van der Waals surface area (Å²) >= 11 is 0. The van der Waals surface area contributed by atoms with Crippen LogP contribution in [0.25, 0.3) is 0 Å². The van der Waals surface area contributed by atoms with E-state index in [-0.39, 0.29) is 17.7 Å². The molecule has 1 N–H and O–H groups in total. The molecule has 0 spiro atoms. The van der Waals surface area contributed by atoms with Gasteiger partial charge in [0.2, 0.25) is 11.8 Å². The van der Waals surface area contributed by atoms with E-state index in [0.717, 1.165) is 30.9 Å². The Hall–Kier alpha value is -1.84. The minimum atomic E-state index is -0.220. The van der Waals surface area contributed by atoms with Crippen LogP contribution >= 0.6 is 0 Å². The molecule has 2 aliphatic rings. The molecule has 1 aliphatic heterocycles. The van der Waals surface area contributed by atoms with Crippen LogP contribution < -0.4 is 10.2 Å². The Bertz CT molecular complexity index is 588. The van der Waals surface area contributed by atoms with Gasteiger partial charge in [0.1, 0.15) is 0 Å². The SMILES string of the molecule is CCc1ccc(N2C[C@H](C(=O)NC3CCC(C)CC3)CC2=O)cc1. The Morgan fingerprint density at radius 2 is 1.83 bits per heavy atom. The molecule has 4 nitrogen and oxygen atoms in total. The fraction of sp³-hybridized carbons (Fsp3) is 0.600. The van der Waals surface area contributed by atoms with Crippen LogP contribution in [0, 0.1) is 11.8 Å². The van der Waals surface area contributed by atoms with E-state index in [1.54, 1.807) is 4.90 Å². The molecule has 1 heterocycles. The van der Waals surface area contributed by atoms with Crippen LogP contribution in [-0.4, -0.2) is 24.4 Å². The summed E-state index contributed by atoms with van der Waals surface area (Å²) in [6.07, 6.45) is 5.81. The van der Waals surface area contributed by atoms with Crippen LogP contribution in [-0.2, 0) is 16.0 Å². The average Bonchev–Trinajstić information content (AvgIpc) is 2.99. The van der Waals surface area contributed by atoms with Crippen LogP contribution in [0.1, 0.15) is 51.5 Å². The standard InChI is InChI=1S/C20H28N2O2/c1-3-15-6-10-18(11-7-15)22-13-16(12-19(22)23)20(24)21-17-8-4-14(2)5-9-17/h6-7,10-11,14,16-17H,3-5,8-9,12-13H2,1-2H3,(H,21,24)/t14?,16-,17?/m1/s1. The third-order valence-electron chi connectivity index (χ3n) is 5.51. The van der Waals surface area contributed by atoms with Crippen molar-refractivity contribution in [3.05, 3.63) is 29.8 Å². The van der Waals surface area contributed by atoms with Crippen molar-refractivity contribution in [2.45, 2.75) is 58.4 Å². The molecule has 0 bridgehead atoms. The number of rotatable bonds is 4. The first-order valence-corrected chi connectivity index (χ1v) is 9.26. The number of hydrogen-bond donors (Lipinski definition) is 1. The van der Waals surface area contributed by atoms with Gasteiger partial charge in [-0.1, -0.05) is 26.0 Å². The minimum Gasteiger partial charge on any atom is -0.353 e. The van der Waals surface area contributed by atoms with Gasteiger partial charge in [0.25, 0.3) is 0 Å². The van der Waals surface area contributed by atoms with Gasteiger partial charge in [0, 0.05) is 24.7 Å². The van der Waals surface area contributed by atoms with Crippen molar-refractivity contribution < 1.29 is 9.59 Å². The summed E-state index contributed by atoms with van der Waals surface area (Å²) in [4.78, 5) is 26.6. The molecular formula is C20H28N2O2. The molecule has 1 atom stereocenters. The summed E-state index contributed by atoms with van der Waals surface area (Å²) in [7, 11) is 0. The summed E-state index contributed by atoms with van der Waals surface area (Å²) in [6.45, 7) is 4.89. The summed E-state index contributed by atoms with van der Waals surface area (Å²) in [5, 5.41) is 3.17. The lowest BCUT2D eigenvalue weighted by Gasteiger charge is -2.27. The Morgan fingerprint density at radius 3 is 2.46 bits per heavy atom. The average molecular weight is 328 g/mol. The topological polar surface area (TPSA) is 49.4 Å². The number of anilines is 1. The van der Waals surface area contributed by atoms with Gasteiger partial charge >= 0.3 is 0 Å². The van der Waals surface area contributed by atoms with E-state index in [4.69, 9.17) is 0 Å². The first kappa shape index (κ1) is 17.0. The maximum absolute atomic E-state index is 12.5. The monoisotopic (exact) mass is 328 g/mol. The number of amides is 2. The first-order valence-electron chi connectivity index (χ1n) is 9.26. The molecule has 0 aromatic heterocycles. The zero-order chi connectivity index (χ0) is 17.1. The second-order valence-electron chi connectivity index (χ2n) is 7.39. The second-order valence-corrected chi connectivity index (χ2v) is 7.39. The van der Waals surface area contributed by atoms with E-state index in [1.165, 1.54) is 18.4 Å². The maximum atomic E-state index is 12.5. The van der Waals surface area contributed by atoms with Gasteiger partial charge in [-0.15, -0.1) is 0 Å². The molecule has 24 heavy (non-hydrogen) atoms. The molecule has 0 radical (unpaired) electrons.